The van der Waals surface area contributed by atoms with Crippen LogP contribution in [0.5, 0.6) is 0 Å². The first-order valence-corrected chi connectivity index (χ1v) is 8.66. The van der Waals surface area contributed by atoms with Crippen LogP contribution in [0, 0.1) is 0 Å². The van der Waals surface area contributed by atoms with Gasteiger partial charge in [-0.1, -0.05) is 45.0 Å². The van der Waals surface area contributed by atoms with E-state index in [2.05, 4.69) is 62.2 Å². The molecule has 0 amide bonds. The van der Waals surface area contributed by atoms with E-state index < -0.39 is 0 Å². The van der Waals surface area contributed by atoms with Crippen molar-refractivity contribution in [3.8, 4) is 0 Å². The molecule has 2 nitrogen and oxygen atoms in total. The van der Waals surface area contributed by atoms with Gasteiger partial charge >= 0.3 is 0 Å². The van der Waals surface area contributed by atoms with Gasteiger partial charge in [0.15, 0.2) is 0 Å². The maximum Gasteiger partial charge on any atom is 0.0236 e. The lowest BCUT2D eigenvalue weighted by Crippen LogP contribution is -2.47. The highest BCUT2D eigenvalue weighted by atomic mass is 15.2. The maximum absolute atomic E-state index is 3.68. The minimum absolute atomic E-state index is 0.623. The van der Waals surface area contributed by atoms with Crippen LogP contribution in [-0.2, 0) is 6.54 Å². The van der Waals surface area contributed by atoms with Crippen molar-refractivity contribution in [2.75, 3.05) is 13.1 Å². The molecule has 0 radical (unpaired) electrons. The molecule has 1 aliphatic rings. The molecule has 1 aliphatic heterocycles. The summed E-state index contributed by atoms with van der Waals surface area (Å²) < 4.78 is 0. The fourth-order valence-corrected chi connectivity index (χ4v) is 3.23. The summed E-state index contributed by atoms with van der Waals surface area (Å²) in [5.74, 6) is 0.623. The van der Waals surface area contributed by atoms with E-state index in [1.807, 2.05) is 0 Å². The fraction of sp³-hybridized carbons (Fsp3) is 0.684. The summed E-state index contributed by atoms with van der Waals surface area (Å²) in [5.41, 5.74) is 2.89. The van der Waals surface area contributed by atoms with E-state index in [0.29, 0.717) is 12.0 Å². The molecule has 1 N–H and O–H groups in total. The van der Waals surface area contributed by atoms with Gasteiger partial charge in [0, 0.05) is 25.2 Å². The van der Waals surface area contributed by atoms with Gasteiger partial charge in [0.1, 0.15) is 0 Å². The van der Waals surface area contributed by atoms with Gasteiger partial charge in [-0.15, -0.1) is 0 Å². The summed E-state index contributed by atoms with van der Waals surface area (Å²) in [6.07, 6.45) is 3.80. The molecule has 2 unspecified atom stereocenters. The Kier molecular flexibility index (Phi) is 6.25. The van der Waals surface area contributed by atoms with Gasteiger partial charge in [-0.05, 0) is 49.8 Å². The average Bonchev–Trinajstić information content (AvgIpc) is 2.48. The number of hydrogen-bond acceptors (Lipinski definition) is 2. The van der Waals surface area contributed by atoms with Gasteiger partial charge in [0.05, 0.1) is 0 Å². The third-order valence-corrected chi connectivity index (χ3v) is 4.73. The standard InChI is InChI=1S/C19H32N2/c1-5-11-20-19-10-12-21(16(4)13-19)14-17-6-8-18(9-7-17)15(2)3/h6-9,15-16,19-20H,5,10-14H2,1-4H3. The molecule has 2 heteroatoms. The number of hydrogen-bond donors (Lipinski definition) is 1. The molecule has 118 valence electrons. The zero-order chi connectivity index (χ0) is 15.2. The largest absolute Gasteiger partial charge is 0.314 e. The third-order valence-electron chi connectivity index (χ3n) is 4.73. The molecule has 21 heavy (non-hydrogen) atoms. The predicted octanol–water partition coefficient (Wildman–Crippen LogP) is 4.16. The van der Waals surface area contributed by atoms with Crippen LogP contribution in [0.2, 0.25) is 0 Å². The van der Waals surface area contributed by atoms with Crippen LogP contribution in [0.1, 0.15) is 64.0 Å². The van der Waals surface area contributed by atoms with Crippen molar-refractivity contribution in [2.45, 2.75) is 71.5 Å². The number of nitrogens with zero attached hydrogens (tertiary/aromatic N) is 1. The Balaban J connectivity index is 1.86. The molecule has 0 saturated carbocycles. The third kappa shape index (κ3) is 4.82. The fourth-order valence-electron chi connectivity index (χ4n) is 3.23. The Morgan fingerprint density at radius 1 is 1.24 bits per heavy atom. The Hall–Kier alpha value is -0.860. The number of piperidine rings is 1. The highest BCUT2D eigenvalue weighted by Gasteiger charge is 2.24. The SMILES string of the molecule is CCCNC1CCN(Cc2ccc(C(C)C)cc2)C(C)C1. The van der Waals surface area contributed by atoms with Crippen LogP contribution < -0.4 is 5.32 Å². The first-order valence-electron chi connectivity index (χ1n) is 8.66. The van der Waals surface area contributed by atoms with E-state index in [1.165, 1.54) is 36.9 Å². The molecule has 0 bridgehead atoms. The van der Waals surface area contributed by atoms with Crippen molar-refractivity contribution in [3.63, 3.8) is 0 Å². The predicted molar refractivity (Wildman–Crippen MR) is 91.7 cm³/mol. The summed E-state index contributed by atoms with van der Waals surface area (Å²) in [6, 6.07) is 10.6. The van der Waals surface area contributed by atoms with E-state index in [0.717, 1.165) is 19.1 Å². The molecule has 1 heterocycles. The van der Waals surface area contributed by atoms with Crippen molar-refractivity contribution in [1.29, 1.82) is 0 Å². The molecule has 1 fully saturated rings. The Labute approximate surface area is 130 Å². The van der Waals surface area contributed by atoms with Gasteiger partial charge in [-0.25, -0.2) is 0 Å². The molecule has 1 aromatic rings. The lowest BCUT2D eigenvalue weighted by molar-refractivity contribution is 0.129. The van der Waals surface area contributed by atoms with Crippen molar-refractivity contribution in [2.24, 2.45) is 0 Å². The van der Waals surface area contributed by atoms with Crippen LogP contribution in [0.25, 0.3) is 0 Å². The van der Waals surface area contributed by atoms with Gasteiger partial charge in [-0.2, -0.15) is 0 Å². The lowest BCUT2D eigenvalue weighted by atomic mass is 9.97. The zero-order valence-electron chi connectivity index (χ0n) is 14.2. The number of benzene rings is 1. The van der Waals surface area contributed by atoms with E-state index in [-0.39, 0.29) is 0 Å². The van der Waals surface area contributed by atoms with Gasteiger partial charge in [0.25, 0.3) is 0 Å². The number of nitrogens with one attached hydrogen (secondary N) is 1. The minimum atomic E-state index is 0.623. The molecular weight excluding hydrogens is 256 g/mol. The molecule has 0 spiro atoms. The summed E-state index contributed by atoms with van der Waals surface area (Å²) in [6.45, 7) is 12.6. The highest BCUT2D eigenvalue weighted by molar-refractivity contribution is 5.24. The normalized spacial score (nSPS) is 23.7. The minimum Gasteiger partial charge on any atom is -0.314 e. The molecule has 1 aromatic carbocycles. The molecular formula is C19H32N2. The second kappa shape index (κ2) is 7.95. The van der Waals surface area contributed by atoms with E-state index in [9.17, 15) is 0 Å². The second-order valence-corrected chi connectivity index (χ2v) is 6.89. The quantitative estimate of drug-likeness (QED) is 0.845. The Morgan fingerprint density at radius 2 is 1.95 bits per heavy atom. The second-order valence-electron chi connectivity index (χ2n) is 6.89. The van der Waals surface area contributed by atoms with Crippen molar-refractivity contribution >= 4 is 0 Å². The molecule has 0 aromatic heterocycles. The van der Waals surface area contributed by atoms with Gasteiger partial charge in [-0.3, -0.25) is 4.90 Å². The Bertz CT molecular complexity index is 410. The zero-order valence-corrected chi connectivity index (χ0v) is 14.2. The Morgan fingerprint density at radius 3 is 2.52 bits per heavy atom. The summed E-state index contributed by atoms with van der Waals surface area (Å²) in [4.78, 5) is 2.63. The highest BCUT2D eigenvalue weighted by Crippen LogP contribution is 2.21. The van der Waals surface area contributed by atoms with E-state index in [4.69, 9.17) is 0 Å². The van der Waals surface area contributed by atoms with E-state index in [1.54, 1.807) is 0 Å². The smallest absolute Gasteiger partial charge is 0.0236 e. The van der Waals surface area contributed by atoms with Crippen LogP contribution in [0.15, 0.2) is 24.3 Å². The van der Waals surface area contributed by atoms with Crippen LogP contribution in [0.4, 0.5) is 0 Å². The molecule has 1 saturated heterocycles. The average molecular weight is 288 g/mol. The molecule has 2 rings (SSSR count). The molecule has 0 aliphatic carbocycles. The number of likely N-dealkylation sites (tertiary alicyclic amines) is 1. The van der Waals surface area contributed by atoms with Crippen LogP contribution in [-0.4, -0.2) is 30.1 Å². The first-order chi connectivity index (χ1) is 10.1. The van der Waals surface area contributed by atoms with Gasteiger partial charge < -0.3 is 5.32 Å². The van der Waals surface area contributed by atoms with Gasteiger partial charge in [0.2, 0.25) is 0 Å². The topological polar surface area (TPSA) is 15.3 Å². The van der Waals surface area contributed by atoms with E-state index >= 15 is 0 Å². The summed E-state index contributed by atoms with van der Waals surface area (Å²) >= 11 is 0. The van der Waals surface area contributed by atoms with Crippen LogP contribution in [0.3, 0.4) is 0 Å². The van der Waals surface area contributed by atoms with Crippen molar-refractivity contribution in [3.05, 3.63) is 35.4 Å². The monoisotopic (exact) mass is 288 g/mol. The molecule has 2 atom stereocenters. The summed E-state index contributed by atoms with van der Waals surface area (Å²) in [5, 5.41) is 3.68. The number of rotatable bonds is 6. The van der Waals surface area contributed by atoms with Crippen molar-refractivity contribution in [1.82, 2.24) is 10.2 Å². The summed E-state index contributed by atoms with van der Waals surface area (Å²) in [7, 11) is 0. The van der Waals surface area contributed by atoms with Crippen molar-refractivity contribution < 1.29 is 0 Å². The first kappa shape index (κ1) is 16.5. The lowest BCUT2D eigenvalue weighted by Gasteiger charge is -2.38. The van der Waals surface area contributed by atoms with Crippen LogP contribution >= 0.6 is 0 Å². The maximum atomic E-state index is 3.68.